The molecule has 134 valence electrons. The first kappa shape index (κ1) is 19.4. The maximum Gasteiger partial charge on any atom is 0.343 e. The molecule has 25 heavy (non-hydrogen) atoms. The predicted molar refractivity (Wildman–Crippen MR) is 104 cm³/mol. The number of phenols is 1. The lowest BCUT2D eigenvalue weighted by Crippen LogP contribution is -2.11. The third-order valence-corrected chi connectivity index (χ3v) is 4.07. The molecule has 0 aromatic heterocycles. The molecule has 2 rings (SSSR count). The molecule has 0 radical (unpaired) electrons. The molecule has 0 heterocycles. The second kappa shape index (κ2) is 8.43. The highest BCUT2D eigenvalue weighted by Crippen LogP contribution is 2.29. The maximum atomic E-state index is 12.6. The molecule has 0 aliphatic heterocycles. The van der Waals surface area contributed by atoms with E-state index in [1.807, 2.05) is 6.07 Å². The van der Waals surface area contributed by atoms with Crippen molar-refractivity contribution in [3.63, 3.8) is 0 Å². The van der Waals surface area contributed by atoms with E-state index in [0.717, 1.165) is 16.0 Å². The Labute approximate surface area is 155 Å². The number of carbonyl (C=O) groups is 1. The van der Waals surface area contributed by atoms with Gasteiger partial charge in [-0.3, -0.25) is 0 Å². The van der Waals surface area contributed by atoms with Gasteiger partial charge in [0.2, 0.25) is 0 Å². The van der Waals surface area contributed by atoms with Crippen LogP contribution < -0.4 is 4.74 Å². The van der Waals surface area contributed by atoms with Gasteiger partial charge in [-0.05, 0) is 66.1 Å². The summed E-state index contributed by atoms with van der Waals surface area (Å²) in [5.74, 6) is 1.10. The van der Waals surface area contributed by atoms with Crippen LogP contribution in [0.2, 0.25) is 0 Å². The molecular formula is C21H26O3S. The topological polar surface area (TPSA) is 46.5 Å². The molecule has 0 bridgehead atoms. The minimum absolute atomic E-state index is 0.302. The standard InChI is InChI=1S/C21H26O3S/c1-13(2)8-15-10-17(11-16(20(15)22)9-14(3)4)21(23)24-18-6-5-7-19(25)12-18/h5-7,10-14,22,25H,8-9H2,1-4H3. The minimum atomic E-state index is -0.422. The van der Waals surface area contributed by atoms with Crippen molar-refractivity contribution in [1.82, 2.24) is 0 Å². The van der Waals surface area contributed by atoms with Gasteiger partial charge in [-0.25, -0.2) is 4.79 Å². The Hall–Kier alpha value is -1.94. The van der Waals surface area contributed by atoms with Gasteiger partial charge >= 0.3 is 5.97 Å². The molecule has 0 aliphatic rings. The number of hydrogen-bond acceptors (Lipinski definition) is 4. The van der Waals surface area contributed by atoms with Gasteiger partial charge in [0.1, 0.15) is 11.5 Å². The average Bonchev–Trinajstić information content (AvgIpc) is 2.50. The van der Waals surface area contributed by atoms with E-state index in [1.165, 1.54) is 0 Å². The SMILES string of the molecule is CC(C)Cc1cc(C(=O)Oc2cccc(S)c2)cc(CC(C)C)c1O. The number of aromatic hydroxyl groups is 1. The second-order valence-corrected chi connectivity index (χ2v) is 7.74. The number of benzene rings is 2. The van der Waals surface area contributed by atoms with Gasteiger partial charge in [-0.15, -0.1) is 12.6 Å². The summed E-state index contributed by atoms with van der Waals surface area (Å²) in [5, 5.41) is 10.6. The molecule has 3 nitrogen and oxygen atoms in total. The molecule has 2 aromatic carbocycles. The van der Waals surface area contributed by atoms with Gasteiger partial charge in [0.05, 0.1) is 5.56 Å². The van der Waals surface area contributed by atoms with E-state index in [-0.39, 0.29) is 0 Å². The van der Waals surface area contributed by atoms with Crippen molar-refractivity contribution < 1.29 is 14.6 Å². The molecule has 4 heteroatoms. The summed E-state index contributed by atoms with van der Waals surface area (Å²) in [7, 11) is 0. The summed E-state index contributed by atoms with van der Waals surface area (Å²) in [6, 6.07) is 10.5. The monoisotopic (exact) mass is 358 g/mol. The number of esters is 1. The first-order chi connectivity index (χ1) is 11.8. The molecular weight excluding hydrogens is 332 g/mol. The Morgan fingerprint density at radius 1 is 1.04 bits per heavy atom. The van der Waals surface area contributed by atoms with Gasteiger partial charge in [0, 0.05) is 4.90 Å². The smallest absolute Gasteiger partial charge is 0.343 e. The molecule has 0 amide bonds. The van der Waals surface area contributed by atoms with Crippen LogP contribution in [0.1, 0.15) is 49.2 Å². The fourth-order valence-electron chi connectivity index (χ4n) is 2.78. The number of hydrogen-bond donors (Lipinski definition) is 2. The van der Waals surface area contributed by atoms with E-state index >= 15 is 0 Å². The molecule has 0 fully saturated rings. The lowest BCUT2D eigenvalue weighted by Gasteiger charge is -2.15. The van der Waals surface area contributed by atoms with Crippen molar-refractivity contribution in [2.75, 3.05) is 0 Å². The third kappa shape index (κ3) is 5.53. The Morgan fingerprint density at radius 2 is 1.60 bits per heavy atom. The molecule has 0 saturated heterocycles. The van der Waals surface area contributed by atoms with Gasteiger partial charge in [-0.1, -0.05) is 33.8 Å². The lowest BCUT2D eigenvalue weighted by atomic mass is 9.93. The van der Waals surface area contributed by atoms with Crippen LogP contribution in [-0.4, -0.2) is 11.1 Å². The Balaban J connectivity index is 2.36. The number of phenolic OH excluding ortho intramolecular Hbond substituents is 1. The number of thiol groups is 1. The van der Waals surface area contributed by atoms with E-state index in [9.17, 15) is 9.90 Å². The molecule has 0 spiro atoms. The van der Waals surface area contributed by atoms with E-state index in [4.69, 9.17) is 4.74 Å². The van der Waals surface area contributed by atoms with Crippen LogP contribution in [0.25, 0.3) is 0 Å². The van der Waals surface area contributed by atoms with Crippen LogP contribution in [0.5, 0.6) is 11.5 Å². The van der Waals surface area contributed by atoms with E-state index in [2.05, 4.69) is 40.3 Å². The summed E-state index contributed by atoms with van der Waals surface area (Å²) in [6.45, 7) is 8.35. The number of ether oxygens (including phenoxy) is 1. The highest BCUT2D eigenvalue weighted by atomic mass is 32.1. The third-order valence-electron chi connectivity index (χ3n) is 3.79. The summed E-state index contributed by atoms with van der Waals surface area (Å²) < 4.78 is 5.47. The van der Waals surface area contributed by atoms with Gasteiger partial charge in [0.25, 0.3) is 0 Å². The summed E-state index contributed by atoms with van der Waals surface area (Å²) in [5.41, 5.74) is 2.06. The maximum absolute atomic E-state index is 12.6. The normalized spacial score (nSPS) is 11.2. The van der Waals surface area contributed by atoms with Crippen molar-refractivity contribution in [1.29, 1.82) is 0 Å². The van der Waals surface area contributed by atoms with Crippen LogP contribution >= 0.6 is 12.6 Å². The van der Waals surface area contributed by atoms with Gasteiger partial charge < -0.3 is 9.84 Å². The van der Waals surface area contributed by atoms with Crippen LogP contribution in [-0.2, 0) is 12.8 Å². The Morgan fingerprint density at radius 3 is 2.08 bits per heavy atom. The Bertz CT molecular complexity index is 720. The molecule has 0 atom stereocenters. The first-order valence-corrected chi connectivity index (χ1v) is 9.07. The van der Waals surface area contributed by atoms with Gasteiger partial charge in [0.15, 0.2) is 0 Å². The van der Waals surface area contributed by atoms with Crippen molar-refractivity contribution >= 4 is 18.6 Å². The summed E-state index contributed by atoms with van der Waals surface area (Å²) in [6.07, 6.45) is 1.42. The van der Waals surface area contributed by atoms with Crippen molar-refractivity contribution in [3.05, 3.63) is 53.1 Å². The second-order valence-electron chi connectivity index (χ2n) is 7.23. The summed E-state index contributed by atoms with van der Waals surface area (Å²) >= 11 is 4.26. The van der Waals surface area contributed by atoms with Crippen LogP contribution in [0.4, 0.5) is 0 Å². The fourth-order valence-corrected chi connectivity index (χ4v) is 3.00. The molecule has 2 aromatic rings. The van der Waals surface area contributed by atoms with Crippen molar-refractivity contribution in [2.45, 2.75) is 45.4 Å². The van der Waals surface area contributed by atoms with Crippen molar-refractivity contribution in [2.24, 2.45) is 11.8 Å². The van der Waals surface area contributed by atoms with Crippen LogP contribution in [0.3, 0.4) is 0 Å². The molecule has 0 aliphatic carbocycles. The number of rotatable bonds is 6. The lowest BCUT2D eigenvalue weighted by molar-refractivity contribution is 0.0734. The molecule has 0 unspecified atom stereocenters. The molecule has 1 N–H and O–H groups in total. The highest BCUT2D eigenvalue weighted by Gasteiger charge is 2.17. The number of carbonyl (C=O) groups excluding carboxylic acids is 1. The van der Waals surface area contributed by atoms with E-state index in [0.29, 0.717) is 41.7 Å². The van der Waals surface area contributed by atoms with E-state index in [1.54, 1.807) is 30.3 Å². The predicted octanol–water partition coefficient (Wildman–Crippen LogP) is 5.30. The minimum Gasteiger partial charge on any atom is -0.507 e. The highest BCUT2D eigenvalue weighted by molar-refractivity contribution is 7.80. The largest absolute Gasteiger partial charge is 0.507 e. The zero-order valence-corrected chi connectivity index (χ0v) is 16.1. The first-order valence-electron chi connectivity index (χ1n) is 8.62. The zero-order valence-electron chi connectivity index (χ0n) is 15.2. The summed E-state index contributed by atoms with van der Waals surface area (Å²) in [4.78, 5) is 13.3. The van der Waals surface area contributed by atoms with Crippen molar-refractivity contribution in [3.8, 4) is 11.5 Å². The van der Waals surface area contributed by atoms with Crippen LogP contribution in [0, 0.1) is 11.8 Å². The zero-order chi connectivity index (χ0) is 18.6. The fraction of sp³-hybridized carbons (Fsp3) is 0.381. The quantitative estimate of drug-likeness (QED) is 0.419. The Kier molecular flexibility index (Phi) is 6.54. The van der Waals surface area contributed by atoms with E-state index < -0.39 is 5.97 Å². The molecule has 0 saturated carbocycles. The van der Waals surface area contributed by atoms with Gasteiger partial charge in [-0.2, -0.15) is 0 Å². The average molecular weight is 359 g/mol. The van der Waals surface area contributed by atoms with Crippen LogP contribution in [0.15, 0.2) is 41.3 Å².